The quantitative estimate of drug-likeness (QED) is 0.307. The van der Waals surface area contributed by atoms with Gasteiger partial charge in [0, 0.05) is 30.5 Å². The fourth-order valence-electron chi connectivity index (χ4n) is 5.31. The summed E-state index contributed by atoms with van der Waals surface area (Å²) in [6.45, 7) is 7.95. The number of likely N-dealkylation sites (N-methyl/N-ethyl adjacent to an activating group) is 1. The van der Waals surface area contributed by atoms with Gasteiger partial charge in [-0.2, -0.15) is 0 Å². The number of ether oxygens (including phenoxy) is 3. The Morgan fingerprint density at radius 1 is 1.39 bits per heavy atom. The second kappa shape index (κ2) is 8.58. The van der Waals surface area contributed by atoms with Gasteiger partial charge in [0.2, 0.25) is 12.5 Å². The summed E-state index contributed by atoms with van der Waals surface area (Å²) >= 11 is 0. The summed E-state index contributed by atoms with van der Waals surface area (Å²) in [4.78, 5) is 2.29. The highest BCUT2D eigenvalue weighted by Gasteiger charge is 2.35. The SMILES string of the molecule is COc1c2c(cc3c1C(C/C(C=CC1C(C)=CCCC1(C)C)=N/O)N(C)CC3)OCO2. The van der Waals surface area contributed by atoms with Crippen LogP contribution in [-0.4, -0.2) is 43.3 Å². The van der Waals surface area contributed by atoms with E-state index in [0.717, 1.165) is 42.9 Å². The molecule has 0 spiro atoms. The van der Waals surface area contributed by atoms with Gasteiger partial charge in [-0.25, -0.2) is 0 Å². The van der Waals surface area contributed by atoms with Crippen molar-refractivity contribution >= 4 is 5.71 Å². The van der Waals surface area contributed by atoms with Crippen LogP contribution in [0.3, 0.4) is 0 Å². The summed E-state index contributed by atoms with van der Waals surface area (Å²) in [7, 11) is 3.78. The van der Waals surface area contributed by atoms with Gasteiger partial charge in [-0.05, 0) is 56.4 Å². The van der Waals surface area contributed by atoms with Gasteiger partial charge >= 0.3 is 0 Å². The first kappa shape index (κ1) is 21.8. The fourth-order valence-corrected chi connectivity index (χ4v) is 5.31. The topological polar surface area (TPSA) is 63.5 Å². The molecule has 0 bridgehead atoms. The third-order valence-electron chi connectivity index (χ3n) is 7.15. The largest absolute Gasteiger partial charge is 0.492 e. The molecule has 1 aliphatic carbocycles. The molecule has 0 aromatic heterocycles. The standard InChI is InChI=1S/C25H34N2O4/c1-16-7-6-11-25(2,3)19(16)9-8-18(26-28)14-20-22-17(10-12-27(20)4)13-21-23(24(22)29-5)31-15-30-21/h7-9,13,19-20,28H,6,10-12,14-15H2,1-5H3/b9-8?,26-18+. The Morgan fingerprint density at radius 3 is 2.90 bits per heavy atom. The predicted molar refractivity (Wildman–Crippen MR) is 121 cm³/mol. The van der Waals surface area contributed by atoms with Crippen LogP contribution in [0.25, 0.3) is 0 Å². The van der Waals surface area contributed by atoms with Crippen LogP contribution in [0, 0.1) is 11.3 Å². The van der Waals surface area contributed by atoms with E-state index in [4.69, 9.17) is 14.2 Å². The van der Waals surface area contributed by atoms with Crippen molar-refractivity contribution in [2.24, 2.45) is 16.5 Å². The summed E-state index contributed by atoms with van der Waals surface area (Å²) in [5.74, 6) is 2.49. The Kier molecular flexibility index (Phi) is 6.02. The van der Waals surface area contributed by atoms with Crippen LogP contribution in [-0.2, 0) is 6.42 Å². The number of hydrogen-bond acceptors (Lipinski definition) is 6. The van der Waals surface area contributed by atoms with Gasteiger partial charge in [0.1, 0.15) is 0 Å². The Labute approximate surface area is 185 Å². The molecular formula is C25H34N2O4. The molecule has 1 N–H and O–H groups in total. The average molecular weight is 427 g/mol. The molecule has 3 aliphatic rings. The number of fused-ring (bicyclic) bond motifs is 2. The minimum atomic E-state index is 0.0276. The second-order valence-electron chi connectivity index (χ2n) is 9.57. The van der Waals surface area contributed by atoms with E-state index in [1.54, 1.807) is 7.11 Å². The van der Waals surface area contributed by atoms with Gasteiger partial charge in [0.25, 0.3) is 0 Å². The number of benzene rings is 1. The zero-order chi connectivity index (χ0) is 22.2. The van der Waals surface area contributed by atoms with E-state index >= 15 is 0 Å². The molecule has 0 saturated carbocycles. The molecule has 1 aromatic carbocycles. The highest BCUT2D eigenvalue weighted by atomic mass is 16.7. The Balaban J connectivity index is 1.63. The summed E-state index contributed by atoms with van der Waals surface area (Å²) < 4.78 is 17.1. The van der Waals surface area contributed by atoms with Crippen molar-refractivity contribution in [3.05, 3.63) is 41.0 Å². The maximum absolute atomic E-state index is 9.83. The number of hydrogen-bond donors (Lipinski definition) is 1. The van der Waals surface area contributed by atoms with Crippen molar-refractivity contribution in [3.63, 3.8) is 0 Å². The van der Waals surface area contributed by atoms with Gasteiger partial charge in [0.15, 0.2) is 11.5 Å². The minimum Gasteiger partial charge on any atom is -0.492 e. The average Bonchev–Trinajstić information content (AvgIpc) is 3.20. The van der Waals surface area contributed by atoms with Crippen molar-refractivity contribution in [3.8, 4) is 17.2 Å². The van der Waals surface area contributed by atoms with Crippen LogP contribution in [0.4, 0.5) is 0 Å². The second-order valence-corrected chi connectivity index (χ2v) is 9.57. The molecule has 168 valence electrons. The smallest absolute Gasteiger partial charge is 0.231 e. The number of rotatable bonds is 5. The Bertz CT molecular complexity index is 932. The molecule has 0 fully saturated rings. The summed E-state index contributed by atoms with van der Waals surface area (Å²) in [5.41, 5.74) is 4.56. The summed E-state index contributed by atoms with van der Waals surface area (Å²) in [6.07, 6.45) is 10.3. The monoisotopic (exact) mass is 426 g/mol. The first-order valence-corrected chi connectivity index (χ1v) is 11.1. The maximum atomic E-state index is 9.83. The summed E-state index contributed by atoms with van der Waals surface area (Å²) in [5, 5.41) is 13.5. The molecule has 6 nitrogen and oxygen atoms in total. The first-order valence-electron chi connectivity index (χ1n) is 11.1. The highest BCUT2D eigenvalue weighted by Crippen LogP contribution is 2.50. The molecule has 1 aromatic rings. The molecule has 0 amide bonds. The van der Waals surface area contributed by atoms with Crippen LogP contribution >= 0.6 is 0 Å². The predicted octanol–water partition coefficient (Wildman–Crippen LogP) is 5.11. The van der Waals surface area contributed by atoms with Gasteiger partial charge in [-0.1, -0.05) is 36.7 Å². The van der Waals surface area contributed by atoms with E-state index in [2.05, 4.69) is 56.1 Å². The van der Waals surface area contributed by atoms with Crippen LogP contribution < -0.4 is 14.2 Å². The van der Waals surface area contributed by atoms with E-state index in [1.165, 1.54) is 11.1 Å². The number of allylic oxidation sites excluding steroid dienone is 4. The van der Waals surface area contributed by atoms with Crippen molar-refractivity contribution in [1.29, 1.82) is 0 Å². The lowest BCUT2D eigenvalue weighted by atomic mass is 9.68. The van der Waals surface area contributed by atoms with Crippen LogP contribution in [0.1, 0.15) is 57.2 Å². The lowest BCUT2D eigenvalue weighted by molar-refractivity contribution is 0.170. The van der Waals surface area contributed by atoms with Crippen molar-refractivity contribution in [2.45, 2.75) is 52.5 Å². The zero-order valence-electron chi connectivity index (χ0n) is 19.3. The Morgan fingerprint density at radius 2 is 2.19 bits per heavy atom. The van der Waals surface area contributed by atoms with Crippen molar-refractivity contribution in [2.75, 3.05) is 27.5 Å². The molecule has 31 heavy (non-hydrogen) atoms. The minimum absolute atomic E-state index is 0.0276. The molecule has 2 atom stereocenters. The molecule has 2 unspecified atom stereocenters. The molecular weight excluding hydrogens is 392 g/mol. The van der Waals surface area contributed by atoms with Gasteiger partial charge in [0.05, 0.1) is 12.8 Å². The maximum Gasteiger partial charge on any atom is 0.231 e. The molecule has 2 aliphatic heterocycles. The van der Waals surface area contributed by atoms with Gasteiger partial charge in [-0.15, -0.1) is 0 Å². The lowest BCUT2D eigenvalue weighted by Crippen LogP contribution is -2.34. The molecule has 4 rings (SSSR count). The third-order valence-corrected chi connectivity index (χ3v) is 7.15. The molecule has 2 heterocycles. The number of nitrogens with zero attached hydrogens (tertiary/aromatic N) is 2. The van der Waals surface area contributed by atoms with E-state index < -0.39 is 0 Å². The normalized spacial score (nSPS) is 25.5. The van der Waals surface area contributed by atoms with Gasteiger partial charge < -0.3 is 19.4 Å². The van der Waals surface area contributed by atoms with E-state index in [9.17, 15) is 5.21 Å². The highest BCUT2D eigenvalue weighted by molar-refractivity contribution is 5.95. The number of oxime groups is 1. The van der Waals surface area contributed by atoms with Crippen molar-refractivity contribution < 1.29 is 19.4 Å². The van der Waals surface area contributed by atoms with Crippen LogP contribution in [0.15, 0.2) is 35.0 Å². The zero-order valence-corrected chi connectivity index (χ0v) is 19.3. The molecule has 0 radical (unpaired) electrons. The fraction of sp³-hybridized carbons (Fsp3) is 0.560. The first-order chi connectivity index (χ1) is 14.9. The van der Waals surface area contributed by atoms with Crippen molar-refractivity contribution in [1.82, 2.24) is 4.90 Å². The number of methoxy groups -OCH3 is 1. The molecule has 6 heteroatoms. The third kappa shape index (κ3) is 4.05. The van der Waals surface area contributed by atoms with E-state index in [1.807, 2.05) is 6.08 Å². The van der Waals surface area contributed by atoms with Crippen LogP contribution in [0.2, 0.25) is 0 Å². The van der Waals surface area contributed by atoms with E-state index in [0.29, 0.717) is 23.8 Å². The van der Waals surface area contributed by atoms with E-state index in [-0.39, 0.29) is 18.2 Å². The lowest BCUT2D eigenvalue weighted by Gasteiger charge is -2.37. The Hall–Kier alpha value is -2.47. The summed E-state index contributed by atoms with van der Waals surface area (Å²) in [6, 6.07) is 2.10. The van der Waals surface area contributed by atoms with Gasteiger partial charge in [-0.3, -0.25) is 4.90 Å². The molecule has 0 saturated heterocycles. The van der Waals surface area contributed by atoms with Crippen LogP contribution in [0.5, 0.6) is 17.2 Å².